The molecule has 0 amide bonds. The molecule has 1 aliphatic rings. The Morgan fingerprint density at radius 1 is 1.22 bits per heavy atom. The molecular weight excluding hydrogens is 228 g/mol. The molecule has 3 heteroatoms. The first-order valence-electron chi connectivity index (χ1n) is 5.76. The van der Waals surface area contributed by atoms with E-state index in [1.807, 2.05) is 25.1 Å². The zero-order valence-corrected chi connectivity index (χ0v) is 9.93. The predicted octanol–water partition coefficient (Wildman–Crippen LogP) is 2.82. The molecule has 0 saturated heterocycles. The molecule has 0 bridgehead atoms. The minimum atomic E-state index is -0.0912. The van der Waals surface area contributed by atoms with Crippen molar-refractivity contribution in [3.63, 3.8) is 0 Å². The number of phenolic OH excluding ortho intramolecular Hbond substituents is 1. The number of carbonyl (C=O) groups excluding carboxylic acids is 1. The molecule has 0 saturated carbocycles. The predicted molar refractivity (Wildman–Crippen MR) is 67.1 cm³/mol. The van der Waals surface area contributed by atoms with Crippen LogP contribution in [0.5, 0.6) is 11.5 Å². The van der Waals surface area contributed by atoms with Crippen LogP contribution in [0.3, 0.4) is 0 Å². The van der Waals surface area contributed by atoms with Gasteiger partial charge in [-0.3, -0.25) is 4.79 Å². The number of aryl methyl sites for hydroxylation is 1. The molecule has 90 valence electrons. The van der Waals surface area contributed by atoms with Crippen LogP contribution < -0.4 is 4.74 Å². The highest BCUT2D eigenvalue weighted by atomic mass is 16.5. The van der Waals surface area contributed by atoms with E-state index >= 15 is 0 Å². The number of phenols is 1. The van der Waals surface area contributed by atoms with Gasteiger partial charge < -0.3 is 9.84 Å². The number of rotatable bonds is 0. The lowest BCUT2D eigenvalue weighted by molar-refractivity contribution is 0.103. The molecule has 1 N–H and O–H groups in total. The van der Waals surface area contributed by atoms with E-state index in [0.29, 0.717) is 23.5 Å². The van der Waals surface area contributed by atoms with Crippen LogP contribution in [0, 0.1) is 6.92 Å². The average Bonchev–Trinajstić information content (AvgIpc) is 2.49. The van der Waals surface area contributed by atoms with Crippen LogP contribution in [0.15, 0.2) is 36.4 Å². The van der Waals surface area contributed by atoms with Crippen molar-refractivity contribution in [1.29, 1.82) is 0 Å². The molecule has 3 rings (SSSR count). The molecule has 18 heavy (non-hydrogen) atoms. The minimum Gasteiger partial charge on any atom is -0.508 e. The second kappa shape index (κ2) is 3.88. The molecule has 3 nitrogen and oxygen atoms in total. The number of ketones is 1. The van der Waals surface area contributed by atoms with Crippen LogP contribution in [0.1, 0.15) is 27.0 Å². The van der Waals surface area contributed by atoms with Crippen LogP contribution in [0.4, 0.5) is 0 Å². The van der Waals surface area contributed by atoms with Crippen molar-refractivity contribution in [1.82, 2.24) is 0 Å². The topological polar surface area (TPSA) is 46.5 Å². The van der Waals surface area contributed by atoms with Crippen LogP contribution in [-0.4, -0.2) is 10.9 Å². The van der Waals surface area contributed by atoms with Gasteiger partial charge in [0, 0.05) is 11.1 Å². The zero-order chi connectivity index (χ0) is 12.7. The van der Waals surface area contributed by atoms with E-state index in [4.69, 9.17) is 4.74 Å². The molecule has 0 unspecified atom stereocenters. The van der Waals surface area contributed by atoms with E-state index in [2.05, 4.69) is 0 Å². The second-order valence-electron chi connectivity index (χ2n) is 4.41. The summed E-state index contributed by atoms with van der Waals surface area (Å²) in [5.74, 6) is 0.502. The highest BCUT2D eigenvalue weighted by molar-refractivity contribution is 6.13. The van der Waals surface area contributed by atoms with E-state index < -0.39 is 0 Å². The monoisotopic (exact) mass is 240 g/mol. The van der Waals surface area contributed by atoms with Gasteiger partial charge in [-0.05, 0) is 30.7 Å². The number of benzene rings is 2. The fourth-order valence-corrected chi connectivity index (χ4v) is 2.29. The fourth-order valence-electron chi connectivity index (χ4n) is 2.29. The van der Waals surface area contributed by atoms with Gasteiger partial charge in [0.2, 0.25) is 0 Å². The lowest BCUT2D eigenvalue weighted by atomic mass is 9.95. The van der Waals surface area contributed by atoms with Gasteiger partial charge in [0.25, 0.3) is 0 Å². The van der Waals surface area contributed by atoms with Gasteiger partial charge in [-0.1, -0.05) is 18.2 Å². The molecule has 2 aromatic carbocycles. The van der Waals surface area contributed by atoms with Crippen molar-refractivity contribution in [3.8, 4) is 11.5 Å². The van der Waals surface area contributed by atoms with E-state index in [-0.39, 0.29) is 11.5 Å². The molecule has 2 aromatic rings. The lowest BCUT2D eigenvalue weighted by Gasteiger charge is -2.06. The van der Waals surface area contributed by atoms with Crippen molar-refractivity contribution in [2.24, 2.45) is 0 Å². The summed E-state index contributed by atoms with van der Waals surface area (Å²) in [5.41, 5.74) is 2.91. The maximum Gasteiger partial charge on any atom is 0.197 e. The Labute approximate surface area is 105 Å². The number of carbonyl (C=O) groups is 1. The van der Waals surface area contributed by atoms with E-state index in [9.17, 15) is 9.90 Å². The summed E-state index contributed by atoms with van der Waals surface area (Å²) in [7, 11) is 0. The van der Waals surface area contributed by atoms with Gasteiger partial charge in [-0.25, -0.2) is 0 Å². The summed E-state index contributed by atoms with van der Waals surface area (Å²) in [5, 5.41) is 9.51. The smallest absolute Gasteiger partial charge is 0.197 e. The SMILES string of the molecule is Cc1cccc2c1C(=O)c1cc(O)ccc1OC2. The van der Waals surface area contributed by atoms with Gasteiger partial charge in [-0.2, -0.15) is 0 Å². The van der Waals surface area contributed by atoms with E-state index in [0.717, 1.165) is 11.1 Å². The van der Waals surface area contributed by atoms with E-state index in [1.165, 1.54) is 12.1 Å². The number of aromatic hydroxyl groups is 1. The zero-order valence-electron chi connectivity index (χ0n) is 9.93. The van der Waals surface area contributed by atoms with Crippen molar-refractivity contribution in [3.05, 3.63) is 58.7 Å². The van der Waals surface area contributed by atoms with Crippen molar-refractivity contribution >= 4 is 5.78 Å². The highest BCUT2D eigenvalue weighted by Crippen LogP contribution is 2.32. The maximum atomic E-state index is 12.5. The number of hydrogen-bond acceptors (Lipinski definition) is 3. The Morgan fingerprint density at radius 3 is 2.89 bits per heavy atom. The molecule has 0 radical (unpaired) electrons. The Bertz CT molecular complexity index is 644. The van der Waals surface area contributed by atoms with Gasteiger partial charge in [0.05, 0.1) is 5.56 Å². The Hall–Kier alpha value is -2.29. The van der Waals surface area contributed by atoms with Crippen LogP contribution in [-0.2, 0) is 6.61 Å². The number of fused-ring (bicyclic) bond motifs is 2. The third-order valence-electron chi connectivity index (χ3n) is 3.18. The average molecular weight is 240 g/mol. The standard InChI is InChI=1S/C15H12O3/c1-9-3-2-4-10-8-18-13-6-5-11(16)7-12(13)15(17)14(9)10/h2-7,16H,8H2,1H3. The molecule has 1 heterocycles. The van der Waals surface area contributed by atoms with Crippen LogP contribution in [0.25, 0.3) is 0 Å². The molecule has 0 fully saturated rings. The summed E-state index contributed by atoms with van der Waals surface area (Å²) >= 11 is 0. The third-order valence-corrected chi connectivity index (χ3v) is 3.18. The number of ether oxygens (including phenoxy) is 1. The summed E-state index contributed by atoms with van der Waals surface area (Å²) in [6, 6.07) is 10.3. The number of hydrogen-bond donors (Lipinski definition) is 1. The molecular formula is C15H12O3. The second-order valence-corrected chi connectivity index (χ2v) is 4.41. The largest absolute Gasteiger partial charge is 0.508 e. The van der Waals surface area contributed by atoms with Crippen LogP contribution in [0.2, 0.25) is 0 Å². The van der Waals surface area contributed by atoms with Gasteiger partial charge >= 0.3 is 0 Å². The molecule has 0 spiro atoms. The van der Waals surface area contributed by atoms with Gasteiger partial charge in [0.15, 0.2) is 5.78 Å². The van der Waals surface area contributed by atoms with Gasteiger partial charge in [0.1, 0.15) is 18.1 Å². The Morgan fingerprint density at radius 2 is 2.06 bits per heavy atom. The first-order chi connectivity index (χ1) is 8.66. The molecule has 0 atom stereocenters. The molecule has 1 aliphatic heterocycles. The van der Waals surface area contributed by atoms with E-state index in [1.54, 1.807) is 6.07 Å². The molecule has 0 aromatic heterocycles. The quantitative estimate of drug-likeness (QED) is 0.770. The Kier molecular flexibility index (Phi) is 2.33. The fraction of sp³-hybridized carbons (Fsp3) is 0.133. The van der Waals surface area contributed by atoms with Crippen molar-refractivity contribution < 1.29 is 14.6 Å². The minimum absolute atomic E-state index is 0.0720. The van der Waals surface area contributed by atoms with Crippen molar-refractivity contribution in [2.45, 2.75) is 13.5 Å². The summed E-state index contributed by atoms with van der Waals surface area (Å²) in [4.78, 5) is 12.5. The maximum absolute atomic E-state index is 12.5. The summed E-state index contributed by atoms with van der Waals surface area (Å²) < 4.78 is 5.62. The van der Waals surface area contributed by atoms with Gasteiger partial charge in [-0.15, -0.1) is 0 Å². The summed E-state index contributed by atoms with van der Waals surface area (Å²) in [6.45, 7) is 2.28. The first kappa shape index (κ1) is 10.8. The summed E-state index contributed by atoms with van der Waals surface area (Å²) in [6.07, 6.45) is 0. The molecule has 0 aliphatic carbocycles. The lowest BCUT2D eigenvalue weighted by Crippen LogP contribution is -2.05. The van der Waals surface area contributed by atoms with Crippen LogP contribution >= 0.6 is 0 Å². The normalized spacial score (nSPS) is 13.3. The first-order valence-corrected chi connectivity index (χ1v) is 5.76. The highest BCUT2D eigenvalue weighted by Gasteiger charge is 2.23. The van der Waals surface area contributed by atoms with Crippen molar-refractivity contribution in [2.75, 3.05) is 0 Å². The third kappa shape index (κ3) is 1.56. The Balaban J connectivity index is 2.25.